The Morgan fingerprint density at radius 1 is 0.903 bits per heavy atom. The lowest BCUT2D eigenvalue weighted by molar-refractivity contribution is 0.0846. The minimum absolute atomic E-state index is 0.00432. The molecule has 0 unspecified atom stereocenters. The molecule has 2 amide bonds. The first kappa shape index (κ1) is 21.6. The van der Waals surface area contributed by atoms with Crippen molar-refractivity contribution in [2.24, 2.45) is 0 Å². The zero-order chi connectivity index (χ0) is 22.4. The quantitative estimate of drug-likeness (QED) is 0.423. The number of H-pyrrole nitrogens is 1. The highest BCUT2D eigenvalue weighted by molar-refractivity contribution is 7.92. The van der Waals surface area contributed by atoms with Crippen molar-refractivity contribution in [1.82, 2.24) is 15.8 Å². The van der Waals surface area contributed by atoms with E-state index in [1.54, 1.807) is 24.3 Å². The summed E-state index contributed by atoms with van der Waals surface area (Å²) >= 11 is 0. The predicted molar refractivity (Wildman–Crippen MR) is 112 cm³/mol. The van der Waals surface area contributed by atoms with E-state index in [1.165, 1.54) is 49.7 Å². The van der Waals surface area contributed by atoms with Gasteiger partial charge in [0.25, 0.3) is 21.8 Å². The Morgan fingerprint density at radius 3 is 2.29 bits per heavy atom. The van der Waals surface area contributed by atoms with Crippen molar-refractivity contribution < 1.29 is 22.7 Å². The number of amides is 2. The number of hydrogen-bond acceptors (Lipinski definition) is 6. The van der Waals surface area contributed by atoms with Gasteiger partial charge in [-0.25, -0.2) is 8.42 Å². The third-order valence-electron chi connectivity index (χ3n) is 4.09. The fraction of sp³-hybridized carbons (Fsp3) is 0.0500. The Bertz CT molecular complexity index is 1270. The number of nitrogens with one attached hydrogen (secondary N) is 4. The summed E-state index contributed by atoms with van der Waals surface area (Å²) in [5, 5.41) is 0. The number of rotatable bonds is 6. The van der Waals surface area contributed by atoms with Crippen molar-refractivity contribution in [2.75, 3.05) is 11.8 Å². The summed E-state index contributed by atoms with van der Waals surface area (Å²) in [6, 6.07) is 14.2. The monoisotopic (exact) mass is 442 g/mol. The molecule has 0 spiro atoms. The van der Waals surface area contributed by atoms with Gasteiger partial charge in [-0.05, 0) is 36.4 Å². The highest BCUT2D eigenvalue weighted by atomic mass is 32.2. The van der Waals surface area contributed by atoms with Crippen molar-refractivity contribution >= 4 is 27.5 Å². The zero-order valence-corrected chi connectivity index (χ0v) is 17.0. The maximum absolute atomic E-state index is 12.7. The van der Waals surface area contributed by atoms with E-state index in [0.717, 1.165) is 0 Å². The molecule has 1 aromatic heterocycles. The van der Waals surface area contributed by atoms with Crippen LogP contribution in [-0.4, -0.2) is 32.3 Å². The molecular formula is C20H18N4O6S. The molecule has 0 saturated heterocycles. The van der Waals surface area contributed by atoms with E-state index in [4.69, 9.17) is 4.74 Å². The SMILES string of the molecule is COc1ccccc1NS(=O)(=O)c1cccc(C(=O)NNC(=O)c2ccc(=O)[nH]c2)c1. The molecule has 4 N–H and O–H groups in total. The average Bonchev–Trinajstić information content (AvgIpc) is 2.78. The Kier molecular flexibility index (Phi) is 6.36. The summed E-state index contributed by atoms with van der Waals surface area (Å²) < 4.78 is 33.0. The fourth-order valence-electron chi connectivity index (χ4n) is 2.55. The molecule has 0 radical (unpaired) electrons. The van der Waals surface area contributed by atoms with Gasteiger partial charge in [-0.3, -0.25) is 30.0 Å². The summed E-state index contributed by atoms with van der Waals surface area (Å²) in [5.41, 5.74) is 4.38. The topological polar surface area (TPSA) is 146 Å². The van der Waals surface area contributed by atoms with E-state index in [1.807, 2.05) is 0 Å². The van der Waals surface area contributed by atoms with Gasteiger partial charge in [0, 0.05) is 17.8 Å². The van der Waals surface area contributed by atoms with Gasteiger partial charge in [-0.15, -0.1) is 0 Å². The van der Waals surface area contributed by atoms with Crippen LogP contribution in [0.5, 0.6) is 5.75 Å². The number of anilines is 1. The first-order chi connectivity index (χ1) is 14.8. The molecule has 0 aliphatic carbocycles. The highest BCUT2D eigenvalue weighted by Gasteiger charge is 2.18. The van der Waals surface area contributed by atoms with Crippen molar-refractivity contribution in [1.29, 1.82) is 0 Å². The Morgan fingerprint density at radius 2 is 1.61 bits per heavy atom. The standard InChI is InChI=1S/C20H18N4O6S/c1-30-17-8-3-2-7-16(17)24-31(28,29)15-6-4-5-13(11-15)19(26)22-23-20(27)14-9-10-18(25)21-12-14/h2-12,24H,1H3,(H,21,25)(H,22,26)(H,23,27). The number of hydrogen-bond donors (Lipinski definition) is 4. The summed E-state index contributed by atoms with van der Waals surface area (Å²) in [6.07, 6.45) is 1.19. The molecule has 2 aromatic carbocycles. The maximum Gasteiger partial charge on any atom is 0.271 e. The third-order valence-corrected chi connectivity index (χ3v) is 5.46. The average molecular weight is 442 g/mol. The fourth-order valence-corrected chi connectivity index (χ4v) is 3.66. The number of hydrazine groups is 1. The van der Waals surface area contributed by atoms with Gasteiger partial charge in [0.15, 0.2) is 0 Å². The lowest BCUT2D eigenvalue weighted by Crippen LogP contribution is -2.41. The van der Waals surface area contributed by atoms with Crippen molar-refractivity contribution in [3.8, 4) is 5.75 Å². The van der Waals surface area contributed by atoms with Gasteiger partial charge in [0.05, 0.1) is 23.3 Å². The Hall–Kier alpha value is -4.12. The second kappa shape index (κ2) is 9.13. The number of benzene rings is 2. The lowest BCUT2D eigenvalue weighted by Gasteiger charge is -2.12. The molecule has 10 nitrogen and oxygen atoms in total. The number of aromatic nitrogens is 1. The van der Waals surface area contributed by atoms with E-state index in [0.29, 0.717) is 5.75 Å². The van der Waals surface area contributed by atoms with Gasteiger partial charge in [0.1, 0.15) is 5.75 Å². The molecule has 0 atom stereocenters. The zero-order valence-electron chi connectivity index (χ0n) is 16.2. The van der Waals surface area contributed by atoms with E-state index in [9.17, 15) is 22.8 Å². The predicted octanol–water partition coefficient (Wildman–Crippen LogP) is 1.26. The molecule has 0 aliphatic rings. The summed E-state index contributed by atoms with van der Waals surface area (Å²) in [6.45, 7) is 0. The second-order valence-electron chi connectivity index (χ2n) is 6.18. The van der Waals surface area contributed by atoms with Crippen molar-refractivity contribution in [3.63, 3.8) is 0 Å². The number of para-hydroxylation sites is 2. The van der Waals surface area contributed by atoms with Crippen LogP contribution in [0, 0.1) is 0 Å². The van der Waals surface area contributed by atoms with Crippen LogP contribution in [0.25, 0.3) is 0 Å². The minimum Gasteiger partial charge on any atom is -0.495 e. The molecular weight excluding hydrogens is 424 g/mol. The van der Waals surface area contributed by atoms with Gasteiger partial charge in [-0.1, -0.05) is 18.2 Å². The number of ether oxygens (including phenoxy) is 1. The largest absolute Gasteiger partial charge is 0.495 e. The number of methoxy groups -OCH3 is 1. The van der Waals surface area contributed by atoms with Crippen molar-refractivity contribution in [3.05, 3.63) is 88.3 Å². The summed E-state index contributed by atoms with van der Waals surface area (Å²) in [5.74, 6) is -1.05. The second-order valence-corrected chi connectivity index (χ2v) is 7.87. The van der Waals surface area contributed by atoms with Gasteiger partial charge >= 0.3 is 0 Å². The third kappa shape index (κ3) is 5.28. The molecule has 0 bridgehead atoms. The molecule has 11 heteroatoms. The number of carbonyl (C=O) groups is 2. The Labute approximate surface area is 177 Å². The molecule has 160 valence electrons. The summed E-state index contributed by atoms with van der Waals surface area (Å²) in [4.78, 5) is 37.6. The van der Waals surface area contributed by atoms with Gasteiger partial charge < -0.3 is 9.72 Å². The Balaban J connectivity index is 1.72. The first-order valence-corrected chi connectivity index (χ1v) is 10.3. The van der Waals surface area contributed by atoms with Crippen LogP contribution >= 0.6 is 0 Å². The van der Waals surface area contributed by atoms with Crippen LogP contribution in [-0.2, 0) is 10.0 Å². The smallest absolute Gasteiger partial charge is 0.271 e. The van der Waals surface area contributed by atoms with E-state index >= 15 is 0 Å². The van der Waals surface area contributed by atoms with Crippen LogP contribution in [0.2, 0.25) is 0 Å². The molecule has 3 rings (SSSR count). The lowest BCUT2D eigenvalue weighted by atomic mass is 10.2. The molecule has 0 fully saturated rings. The van der Waals surface area contributed by atoms with E-state index in [2.05, 4.69) is 20.6 Å². The van der Waals surface area contributed by atoms with Crippen LogP contribution < -0.4 is 25.9 Å². The van der Waals surface area contributed by atoms with Gasteiger partial charge in [0.2, 0.25) is 5.56 Å². The molecule has 0 saturated carbocycles. The minimum atomic E-state index is -4.01. The van der Waals surface area contributed by atoms with Crippen LogP contribution in [0.1, 0.15) is 20.7 Å². The van der Waals surface area contributed by atoms with Crippen LogP contribution in [0.15, 0.2) is 76.6 Å². The van der Waals surface area contributed by atoms with E-state index < -0.39 is 21.8 Å². The van der Waals surface area contributed by atoms with Gasteiger partial charge in [-0.2, -0.15) is 0 Å². The van der Waals surface area contributed by atoms with E-state index in [-0.39, 0.29) is 27.3 Å². The molecule has 1 heterocycles. The number of pyridine rings is 1. The van der Waals surface area contributed by atoms with Crippen LogP contribution in [0.3, 0.4) is 0 Å². The number of aromatic amines is 1. The maximum atomic E-state index is 12.7. The van der Waals surface area contributed by atoms with Crippen molar-refractivity contribution in [2.45, 2.75) is 4.90 Å². The highest BCUT2D eigenvalue weighted by Crippen LogP contribution is 2.26. The molecule has 31 heavy (non-hydrogen) atoms. The number of carbonyl (C=O) groups excluding carboxylic acids is 2. The van der Waals surface area contributed by atoms with Crippen LogP contribution in [0.4, 0.5) is 5.69 Å². The molecule has 0 aliphatic heterocycles. The summed E-state index contributed by atoms with van der Waals surface area (Å²) in [7, 11) is -2.60. The number of sulfonamides is 1. The normalized spacial score (nSPS) is 10.7. The first-order valence-electron chi connectivity index (χ1n) is 8.85. The molecule has 3 aromatic rings.